The van der Waals surface area contributed by atoms with Crippen LogP contribution in [-0.4, -0.2) is 60.1 Å². The summed E-state index contributed by atoms with van der Waals surface area (Å²) in [5.74, 6) is -2.01. The quantitative estimate of drug-likeness (QED) is 0.331. The number of carbonyl (C=O) groups is 3. The van der Waals surface area contributed by atoms with Gasteiger partial charge in [0, 0.05) is 5.25 Å². The second kappa shape index (κ2) is 6.43. The Bertz CT molecular complexity index is 624. The number of alkyl carbamates (subject to hydrolysis) is 1. The Labute approximate surface area is 144 Å². The van der Waals surface area contributed by atoms with Crippen LogP contribution in [0.5, 0.6) is 0 Å². The summed E-state index contributed by atoms with van der Waals surface area (Å²) >= 11 is 1.57. The van der Waals surface area contributed by atoms with Gasteiger partial charge in [-0.3, -0.25) is 4.79 Å². The highest BCUT2D eigenvalue weighted by molar-refractivity contribution is 8.01. The molecule has 0 aromatic carbocycles. The van der Waals surface area contributed by atoms with Gasteiger partial charge in [0.25, 0.3) is 0 Å². The Hall–Kier alpha value is -1.91. The number of fused-ring (bicyclic) bond motifs is 1. The highest BCUT2D eigenvalue weighted by Crippen LogP contribution is 2.55. The van der Waals surface area contributed by atoms with Gasteiger partial charge in [0.2, 0.25) is 0 Å². The maximum absolute atomic E-state index is 12.2. The zero-order chi connectivity index (χ0) is 18.4. The largest absolute Gasteiger partial charge is 0.460 e. The van der Waals surface area contributed by atoms with Gasteiger partial charge in [-0.1, -0.05) is 6.58 Å². The molecule has 0 aromatic heterocycles. The van der Waals surface area contributed by atoms with Gasteiger partial charge < -0.3 is 19.5 Å². The number of esters is 2. The summed E-state index contributed by atoms with van der Waals surface area (Å²) in [6.07, 6.45) is -6.09. The van der Waals surface area contributed by atoms with Crippen LogP contribution in [0.15, 0.2) is 12.2 Å². The number of halogens is 3. The second-order valence-electron chi connectivity index (χ2n) is 5.79. The molecule has 1 amide bonds. The molecular formula is C14H14F3NO6S. The molecule has 0 aliphatic carbocycles. The van der Waals surface area contributed by atoms with Gasteiger partial charge in [-0.25, -0.2) is 9.59 Å². The highest BCUT2D eigenvalue weighted by Gasteiger charge is 2.64. The number of carbonyl (C=O) groups excluding carboxylic acids is 3. The number of thioether (sulfide) groups is 1. The first-order chi connectivity index (χ1) is 11.7. The van der Waals surface area contributed by atoms with Gasteiger partial charge in [-0.05, 0) is 6.42 Å². The van der Waals surface area contributed by atoms with Gasteiger partial charge >= 0.3 is 24.2 Å². The number of ether oxygens (including phenoxy) is 3. The van der Waals surface area contributed by atoms with Crippen molar-refractivity contribution < 1.29 is 41.8 Å². The van der Waals surface area contributed by atoms with E-state index in [1.807, 2.05) is 0 Å². The molecule has 1 N–H and O–H groups in total. The third-order valence-corrected chi connectivity index (χ3v) is 5.94. The minimum atomic E-state index is -4.86. The second-order valence-corrected chi connectivity index (χ2v) is 7.21. The van der Waals surface area contributed by atoms with Crippen LogP contribution in [-0.2, 0) is 23.8 Å². The molecule has 3 aliphatic heterocycles. The fourth-order valence-electron chi connectivity index (χ4n) is 3.05. The molecule has 25 heavy (non-hydrogen) atoms. The molecule has 2 bridgehead atoms. The van der Waals surface area contributed by atoms with E-state index in [1.54, 1.807) is 11.8 Å². The van der Waals surface area contributed by atoms with Crippen LogP contribution < -0.4 is 5.32 Å². The van der Waals surface area contributed by atoms with E-state index in [9.17, 15) is 27.6 Å². The van der Waals surface area contributed by atoms with E-state index in [0.717, 1.165) is 0 Å². The van der Waals surface area contributed by atoms with Crippen molar-refractivity contribution >= 4 is 29.8 Å². The lowest BCUT2D eigenvalue weighted by Crippen LogP contribution is -2.42. The third-order valence-electron chi connectivity index (χ3n) is 4.22. The van der Waals surface area contributed by atoms with Crippen molar-refractivity contribution in [2.75, 3.05) is 13.2 Å². The Morgan fingerprint density at radius 1 is 1.40 bits per heavy atom. The Balaban J connectivity index is 1.38. The van der Waals surface area contributed by atoms with Crippen LogP contribution in [0, 0.1) is 5.92 Å². The van der Waals surface area contributed by atoms with Gasteiger partial charge in [-0.15, -0.1) is 11.8 Å². The Morgan fingerprint density at radius 3 is 2.80 bits per heavy atom. The molecule has 7 nitrogen and oxygen atoms in total. The molecule has 0 radical (unpaired) electrons. The van der Waals surface area contributed by atoms with E-state index in [2.05, 4.69) is 16.6 Å². The van der Waals surface area contributed by atoms with Crippen LogP contribution >= 0.6 is 11.8 Å². The van der Waals surface area contributed by atoms with Crippen LogP contribution in [0.2, 0.25) is 0 Å². The van der Waals surface area contributed by atoms with Gasteiger partial charge in [-0.2, -0.15) is 13.2 Å². The zero-order valence-electron chi connectivity index (χ0n) is 12.7. The average molecular weight is 381 g/mol. The first-order valence-electron chi connectivity index (χ1n) is 7.42. The van der Waals surface area contributed by atoms with E-state index in [0.29, 0.717) is 6.42 Å². The topological polar surface area (TPSA) is 90.9 Å². The van der Waals surface area contributed by atoms with Crippen LogP contribution in [0.3, 0.4) is 0 Å². The van der Waals surface area contributed by atoms with Crippen molar-refractivity contribution in [3.63, 3.8) is 0 Å². The minimum absolute atomic E-state index is 0.00429. The number of hydrogen-bond donors (Lipinski definition) is 1. The molecule has 138 valence electrons. The number of rotatable bonds is 5. The summed E-state index contributed by atoms with van der Waals surface area (Å²) in [4.78, 5) is 34.4. The summed E-state index contributed by atoms with van der Waals surface area (Å²) in [6.45, 7) is 1.91. The van der Waals surface area contributed by atoms with Crippen molar-refractivity contribution in [1.29, 1.82) is 0 Å². The molecular weight excluding hydrogens is 367 g/mol. The zero-order valence-corrected chi connectivity index (χ0v) is 13.5. The fourth-order valence-corrected chi connectivity index (χ4v) is 4.91. The monoisotopic (exact) mass is 381 g/mol. The Morgan fingerprint density at radius 2 is 2.12 bits per heavy atom. The van der Waals surface area contributed by atoms with Crippen molar-refractivity contribution in [2.24, 2.45) is 5.92 Å². The summed E-state index contributed by atoms with van der Waals surface area (Å²) in [6, 6.07) is 0. The van der Waals surface area contributed by atoms with E-state index in [-0.39, 0.29) is 28.9 Å². The normalized spacial score (nSPS) is 32.3. The number of nitrogens with one attached hydrogen (secondary N) is 1. The first-order valence-corrected chi connectivity index (χ1v) is 8.36. The van der Waals surface area contributed by atoms with Crippen LogP contribution in [0.25, 0.3) is 0 Å². The lowest BCUT2D eigenvalue weighted by molar-refractivity contribution is -0.150. The summed E-state index contributed by atoms with van der Waals surface area (Å²) in [5.41, 5.74) is -1.62. The molecule has 0 saturated carbocycles. The van der Waals surface area contributed by atoms with Crippen molar-refractivity contribution in [1.82, 2.24) is 5.32 Å². The SMILES string of the molecule is C=C(C(=O)OCCNC(=O)OC1C2CC3C(=O)OC1C3S2)C(F)(F)F. The van der Waals surface area contributed by atoms with Gasteiger partial charge in [0.05, 0.1) is 17.7 Å². The van der Waals surface area contributed by atoms with Crippen molar-refractivity contribution in [2.45, 2.75) is 35.3 Å². The fraction of sp³-hybridized carbons (Fsp3) is 0.643. The minimum Gasteiger partial charge on any atom is -0.460 e. The van der Waals surface area contributed by atoms with Gasteiger partial charge in [0.1, 0.15) is 12.2 Å². The maximum Gasteiger partial charge on any atom is 0.422 e. The van der Waals surface area contributed by atoms with E-state index in [4.69, 9.17) is 9.47 Å². The molecule has 0 spiro atoms. The molecule has 5 atom stereocenters. The van der Waals surface area contributed by atoms with E-state index < -0.39 is 42.6 Å². The molecule has 3 rings (SSSR count). The number of hydrogen-bond acceptors (Lipinski definition) is 7. The summed E-state index contributed by atoms with van der Waals surface area (Å²) in [7, 11) is 0. The van der Waals surface area contributed by atoms with Crippen LogP contribution in [0.1, 0.15) is 6.42 Å². The molecule has 5 unspecified atom stereocenters. The van der Waals surface area contributed by atoms with E-state index in [1.165, 1.54) is 0 Å². The summed E-state index contributed by atoms with van der Waals surface area (Å²) in [5, 5.41) is 2.27. The lowest BCUT2D eigenvalue weighted by Gasteiger charge is -2.23. The summed E-state index contributed by atoms with van der Waals surface area (Å²) < 4.78 is 51.5. The lowest BCUT2D eigenvalue weighted by atomic mass is 9.88. The molecule has 3 fully saturated rings. The predicted molar refractivity (Wildman–Crippen MR) is 77.6 cm³/mol. The number of alkyl halides is 3. The van der Waals surface area contributed by atoms with Crippen molar-refractivity contribution in [3.05, 3.63) is 12.2 Å². The van der Waals surface area contributed by atoms with Crippen LogP contribution in [0.4, 0.5) is 18.0 Å². The maximum atomic E-state index is 12.2. The standard InChI is InChI=1S/C14H14F3NO6S/c1-5(14(15,16)17)11(19)22-3-2-18-13(21)24-8-7-4-6-10(25-7)9(8)23-12(6)20/h6-10H,1-4H2,(H,18,21). The smallest absolute Gasteiger partial charge is 0.422 e. The molecule has 11 heteroatoms. The van der Waals surface area contributed by atoms with E-state index >= 15 is 0 Å². The molecule has 3 aliphatic rings. The predicted octanol–water partition coefficient (Wildman–Crippen LogP) is 1.17. The van der Waals surface area contributed by atoms with Gasteiger partial charge in [0.15, 0.2) is 12.2 Å². The first kappa shape index (κ1) is 17.9. The number of amides is 1. The molecule has 3 heterocycles. The molecule has 0 aromatic rings. The average Bonchev–Trinajstić information content (AvgIpc) is 3.14. The highest BCUT2D eigenvalue weighted by atomic mass is 32.2. The Kier molecular flexibility index (Phi) is 4.60. The third kappa shape index (κ3) is 3.42. The van der Waals surface area contributed by atoms with Crippen molar-refractivity contribution in [3.8, 4) is 0 Å². The molecule has 3 saturated heterocycles.